The molecule has 1 aromatic carbocycles. The van der Waals surface area contributed by atoms with Crippen molar-refractivity contribution in [2.24, 2.45) is 10.9 Å². The smallest absolute Gasteiger partial charge is 0.191 e. The van der Waals surface area contributed by atoms with E-state index in [0.717, 1.165) is 37.9 Å². The van der Waals surface area contributed by atoms with Crippen LogP contribution in [0.5, 0.6) is 0 Å². The molecule has 0 spiro atoms. The summed E-state index contributed by atoms with van der Waals surface area (Å²) >= 11 is 0. The quantitative estimate of drug-likeness (QED) is 0.414. The molecule has 2 rings (SSSR count). The fourth-order valence-corrected chi connectivity index (χ4v) is 3.01. The lowest BCUT2D eigenvalue weighted by atomic mass is 10.0. The van der Waals surface area contributed by atoms with E-state index in [1.165, 1.54) is 31.5 Å². The van der Waals surface area contributed by atoms with Crippen molar-refractivity contribution in [2.75, 3.05) is 39.8 Å². The lowest BCUT2D eigenvalue weighted by molar-refractivity contribution is 0.187. The van der Waals surface area contributed by atoms with Crippen LogP contribution in [0.25, 0.3) is 0 Å². The Balaban J connectivity index is 0.00000264. The number of guanidine groups is 1. The van der Waals surface area contributed by atoms with Gasteiger partial charge in [0.25, 0.3) is 0 Å². The molecular weight excluding hydrogens is 399 g/mol. The summed E-state index contributed by atoms with van der Waals surface area (Å²) in [6, 6.07) is 10.5. The van der Waals surface area contributed by atoms with Crippen molar-refractivity contribution in [3.05, 3.63) is 35.9 Å². The maximum absolute atomic E-state index is 4.29. The largest absolute Gasteiger partial charge is 0.356 e. The Labute approximate surface area is 158 Å². The number of rotatable bonds is 6. The molecule has 0 aliphatic carbocycles. The van der Waals surface area contributed by atoms with Crippen molar-refractivity contribution in [3.8, 4) is 0 Å². The highest BCUT2D eigenvalue weighted by atomic mass is 127. The van der Waals surface area contributed by atoms with Gasteiger partial charge in [-0.2, -0.15) is 0 Å². The van der Waals surface area contributed by atoms with Gasteiger partial charge >= 0.3 is 0 Å². The van der Waals surface area contributed by atoms with Crippen LogP contribution in [0, 0.1) is 5.92 Å². The summed E-state index contributed by atoms with van der Waals surface area (Å²) in [5.74, 6) is 1.75. The molecule has 1 saturated heterocycles. The van der Waals surface area contributed by atoms with Gasteiger partial charge in [0.05, 0.1) is 0 Å². The molecule has 0 radical (unpaired) electrons. The minimum absolute atomic E-state index is 0. The highest BCUT2D eigenvalue weighted by molar-refractivity contribution is 14.0. The van der Waals surface area contributed by atoms with Gasteiger partial charge in [0, 0.05) is 33.2 Å². The van der Waals surface area contributed by atoms with Crippen molar-refractivity contribution in [2.45, 2.75) is 26.2 Å². The van der Waals surface area contributed by atoms with Crippen LogP contribution in [-0.4, -0.2) is 50.6 Å². The van der Waals surface area contributed by atoms with Crippen LogP contribution in [0.4, 0.5) is 0 Å². The summed E-state index contributed by atoms with van der Waals surface area (Å²) in [5.41, 5.74) is 1.35. The maximum atomic E-state index is 4.29. The average Bonchev–Trinajstić information content (AvgIpc) is 2.54. The van der Waals surface area contributed by atoms with Crippen LogP contribution in [0.1, 0.15) is 25.3 Å². The molecule has 1 aliphatic rings. The number of halogens is 1. The zero-order valence-electron chi connectivity index (χ0n) is 14.4. The summed E-state index contributed by atoms with van der Waals surface area (Å²) < 4.78 is 0. The van der Waals surface area contributed by atoms with Gasteiger partial charge in [-0.05, 0) is 37.3 Å². The molecular formula is C18H31IN4. The third-order valence-electron chi connectivity index (χ3n) is 4.23. The minimum Gasteiger partial charge on any atom is -0.356 e. The molecule has 0 saturated carbocycles. The molecule has 0 amide bonds. The van der Waals surface area contributed by atoms with Crippen LogP contribution in [0.3, 0.4) is 0 Å². The van der Waals surface area contributed by atoms with E-state index in [1.54, 1.807) is 0 Å². The molecule has 23 heavy (non-hydrogen) atoms. The van der Waals surface area contributed by atoms with E-state index in [9.17, 15) is 0 Å². The molecule has 5 heteroatoms. The van der Waals surface area contributed by atoms with Gasteiger partial charge in [-0.15, -0.1) is 24.0 Å². The molecule has 1 aromatic rings. The Morgan fingerprint density at radius 3 is 2.65 bits per heavy atom. The van der Waals surface area contributed by atoms with E-state index >= 15 is 0 Å². The van der Waals surface area contributed by atoms with E-state index in [0.29, 0.717) is 0 Å². The zero-order valence-corrected chi connectivity index (χ0v) is 16.8. The lowest BCUT2D eigenvalue weighted by Gasteiger charge is -2.30. The Hall–Kier alpha value is -0.820. The maximum Gasteiger partial charge on any atom is 0.191 e. The average molecular weight is 430 g/mol. The molecule has 1 fully saturated rings. The Morgan fingerprint density at radius 1 is 1.22 bits per heavy atom. The van der Waals surface area contributed by atoms with Gasteiger partial charge in [0.2, 0.25) is 0 Å². The summed E-state index contributed by atoms with van der Waals surface area (Å²) in [5, 5.41) is 6.80. The van der Waals surface area contributed by atoms with Crippen molar-refractivity contribution >= 4 is 29.9 Å². The first kappa shape index (κ1) is 20.2. The first-order chi connectivity index (χ1) is 10.8. The number of benzene rings is 1. The number of likely N-dealkylation sites (tertiary alicyclic amines) is 1. The number of hydrogen-bond donors (Lipinski definition) is 2. The number of piperidine rings is 1. The first-order valence-electron chi connectivity index (χ1n) is 8.48. The van der Waals surface area contributed by atoms with Crippen LogP contribution in [0.15, 0.2) is 35.3 Å². The predicted molar refractivity (Wildman–Crippen MR) is 110 cm³/mol. The highest BCUT2D eigenvalue weighted by Crippen LogP contribution is 2.14. The van der Waals surface area contributed by atoms with E-state index < -0.39 is 0 Å². The Bertz CT molecular complexity index is 450. The van der Waals surface area contributed by atoms with Crippen LogP contribution < -0.4 is 10.6 Å². The second-order valence-electron chi connectivity index (χ2n) is 6.21. The standard InChI is InChI=1S/C18H30N4.HI/c1-16-7-6-13-22(15-16)14-12-21-18(19-2)20-11-10-17-8-4-3-5-9-17;/h3-5,8-9,16H,6-7,10-15H2,1-2H3,(H2,19,20,21);1H. The Morgan fingerprint density at radius 2 is 1.96 bits per heavy atom. The fourth-order valence-electron chi connectivity index (χ4n) is 3.01. The molecule has 130 valence electrons. The number of aliphatic imine (C=N–C) groups is 1. The van der Waals surface area contributed by atoms with E-state index in [-0.39, 0.29) is 24.0 Å². The number of nitrogens with one attached hydrogen (secondary N) is 2. The number of hydrogen-bond acceptors (Lipinski definition) is 2. The van der Waals surface area contributed by atoms with Gasteiger partial charge in [0.15, 0.2) is 5.96 Å². The second-order valence-corrected chi connectivity index (χ2v) is 6.21. The molecule has 4 nitrogen and oxygen atoms in total. The zero-order chi connectivity index (χ0) is 15.6. The van der Waals surface area contributed by atoms with Crippen molar-refractivity contribution in [3.63, 3.8) is 0 Å². The van der Waals surface area contributed by atoms with E-state index in [2.05, 4.69) is 57.8 Å². The predicted octanol–water partition coefficient (Wildman–Crippen LogP) is 2.74. The van der Waals surface area contributed by atoms with Gasteiger partial charge in [0.1, 0.15) is 0 Å². The van der Waals surface area contributed by atoms with Crippen LogP contribution in [-0.2, 0) is 6.42 Å². The summed E-state index contributed by atoms with van der Waals surface area (Å²) in [6.07, 6.45) is 3.74. The SMILES string of the molecule is CN=C(NCCc1ccccc1)NCCN1CCCC(C)C1.I. The van der Waals surface area contributed by atoms with Crippen molar-refractivity contribution < 1.29 is 0 Å². The molecule has 1 heterocycles. The fraction of sp³-hybridized carbons (Fsp3) is 0.611. The first-order valence-corrected chi connectivity index (χ1v) is 8.48. The van der Waals surface area contributed by atoms with Crippen LogP contribution >= 0.6 is 24.0 Å². The molecule has 1 atom stereocenters. The van der Waals surface area contributed by atoms with E-state index in [1.807, 2.05) is 7.05 Å². The summed E-state index contributed by atoms with van der Waals surface area (Å²) in [4.78, 5) is 6.85. The third kappa shape index (κ3) is 8.01. The van der Waals surface area contributed by atoms with Crippen molar-refractivity contribution in [1.82, 2.24) is 15.5 Å². The lowest BCUT2D eigenvalue weighted by Crippen LogP contribution is -2.44. The van der Waals surface area contributed by atoms with Gasteiger partial charge < -0.3 is 15.5 Å². The van der Waals surface area contributed by atoms with Gasteiger partial charge in [-0.25, -0.2) is 0 Å². The van der Waals surface area contributed by atoms with Gasteiger partial charge in [-0.3, -0.25) is 4.99 Å². The molecule has 1 unspecified atom stereocenters. The molecule has 0 aromatic heterocycles. The molecule has 1 aliphatic heterocycles. The normalized spacial score (nSPS) is 19.0. The Kier molecular flexibility index (Phi) is 10.3. The van der Waals surface area contributed by atoms with E-state index in [4.69, 9.17) is 0 Å². The molecule has 2 N–H and O–H groups in total. The molecule has 0 bridgehead atoms. The third-order valence-corrected chi connectivity index (χ3v) is 4.23. The van der Waals surface area contributed by atoms with Gasteiger partial charge in [-0.1, -0.05) is 37.3 Å². The van der Waals surface area contributed by atoms with Crippen LogP contribution in [0.2, 0.25) is 0 Å². The number of nitrogens with zero attached hydrogens (tertiary/aromatic N) is 2. The topological polar surface area (TPSA) is 39.7 Å². The monoisotopic (exact) mass is 430 g/mol. The minimum atomic E-state index is 0. The highest BCUT2D eigenvalue weighted by Gasteiger charge is 2.15. The summed E-state index contributed by atoms with van der Waals surface area (Å²) in [7, 11) is 1.83. The summed E-state index contributed by atoms with van der Waals surface area (Å²) in [6.45, 7) is 7.79. The second kappa shape index (κ2) is 11.7. The van der Waals surface area contributed by atoms with Crippen molar-refractivity contribution in [1.29, 1.82) is 0 Å².